The molecule has 2 heteroatoms. The number of ether oxygens (including phenoxy) is 1. The van der Waals surface area contributed by atoms with Crippen LogP contribution in [0.1, 0.15) is 59.8 Å². The van der Waals surface area contributed by atoms with Gasteiger partial charge in [0.2, 0.25) is 0 Å². The highest BCUT2D eigenvalue weighted by Gasteiger charge is 2.50. The molecular weight excluding hydrogens is 212 g/mol. The maximum atomic E-state index is 11.9. The Morgan fingerprint density at radius 1 is 1.24 bits per heavy atom. The molecule has 2 aliphatic carbocycles. The fraction of sp³-hybridized carbons (Fsp3) is 0.933. The van der Waals surface area contributed by atoms with E-state index in [0.29, 0.717) is 11.8 Å². The van der Waals surface area contributed by atoms with E-state index in [1.54, 1.807) is 0 Å². The third-order valence-electron chi connectivity index (χ3n) is 4.89. The quantitative estimate of drug-likeness (QED) is 0.684. The van der Waals surface area contributed by atoms with Crippen LogP contribution in [0.5, 0.6) is 0 Å². The van der Waals surface area contributed by atoms with Gasteiger partial charge in [-0.15, -0.1) is 0 Å². The SMILES string of the molecule is CC1CC2CCCC(C1)C2(C)OC(=O)C(C)C. The van der Waals surface area contributed by atoms with Gasteiger partial charge in [0.15, 0.2) is 0 Å². The van der Waals surface area contributed by atoms with Crippen molar-refractivity contribution < 1.29 is 9.53 Å². The van der Waals surface area contributed by atoms with Gasteiger partial charge in [-0.1, -0.05) is 27.2 Å². The zero-order valence-corrected chi connectivity index (χ0v) is 11.7. The van der Waals surface area contributed by atoms with Gasteiger partial charge in [0, 0.05) is 0 Å². The number of hydrogen-bond acceptors (Lipinski definition) is 2. The molecule has 0 amide bonds. The second-order valence-corrected chi connectivity index (χ2v) is 6.66. The predicted octanol–water partition coefficient (Wildman–Crippen LogP) is 3.79. The maximum Gasteiger partial charge on any atom is 0.308 e. The minimum atomic E-state index is -0.174. The number of carbonyl (C=O) groups excluding carboxylic acids is 1. The Balaban J connectivity index is 2.14. The Kier molecular flexibility index (Phi) is 3.51. The van der Waals surface area contributed by atoms with Gasteiger partial charge in [0.1, 0.15) is 5.60 Å². The Morgan fingerprint density at radius 2 is 1.76 bits per heavy atom. The van der Waals surface area contributed by atoms with E-state index < -0.39 is 0 Å². The Hall–Kier alpha value is -0.530. The Bertz CT molecular complexity index is 281. The average Bonchev–Trinajstić information content (AvgIpc) is 2.20. The van der Waals surface area contributed by atoms with Crippen molar-refractivity contribution in [3.63, 3.8) is 0 Å². The number of rotatable bonds is 2. The lowest BCUT2D eigenvalue weighted by Crippen LogP contribution is -2.53. The summed E-state index contributed by atoms with van der Waals surface area (Å²) in [4.78, 5) is 11.9. The highest BCUT2D eigenvalue weighted by Crippen LogP contribution is 2.51. The van der Waals surface area contributed by atoms with Gasteiger partial charge < -0.3 is 4.74 Å². The second-order valence-electron chi connectivity index (χ2n) is 6.66. The van der Waals surface area contributed by atoms with Crippen LogP contribution in [0, 0.1) is 23.7 Å². The molecule has 0 N–H and O–H groups in total. The van der Waals surface area contributed by atoms with Crippen molar-refractivity contribution in [1.29, 1.82) is 0 Å². The summed E-state index contributed by atoms with van der Waals surface area (Å²) < 4.78 is 5.92. The first kappa shape index (κ1) is 12.9. The van der Waals surface area contributed by atoms with Crippen molar-refractivity contribution in [3.05, 3.63) is 0 Å². The minimum absolute atomic E-state index is 0.00750. The molecule has 2 atom stereocenters. The monoisotopic (exact) mass is 238 g/mol. The van der Waals surface area contributed by atoms with E-state index in [-0.39, 0.29) is 17.5 Å². The molecule has 0 radical (unpaired) electrons. The number of hydrogen-bond donors (Lipinski definition) is 0. The fourth-order valence-electron chi connectivity index (χ4n) is 3.79. The van der Waals surface area contributed by atoms with Gasteiger partial charge >= 0.3 is 5.97 Å². The van der Waals surface area contributed by atoms with Gasteiger partial charge in [-0.3, -0.25) is 4.79 Å². The van der Waals surface area contributed by atoms with Crippen LogP contribution in [0.3, 0.4) is 0 Å². The van der Waals surface area contributed by atoms with Crippen LogP contribution in [-0.2, 0) is 9.53 Å². The summed E-state index contributed by atoms with van der Waals surface area (Å²) in [6.07, 6.45) is 6.26. The third-order valence-corrected chi connectivity index (χ3v) is 4.89. The maximum absolute atomic E-state index is 11.9. The first-order valence-electron chi connectivity index (χ1n) is 7.16. The Labute approximate surface area is 105 Å². The molecule has 2 nitrogen and oxygen atoms in total. The third kappa shape index (κ3) is 2.36. The minimum Gasteiger partial charge on any atom is -0.459 e. The standard InChI is InChI=1S/C15H26O2/c1-10(2)14(16)17-15(4)12-6-5-7-13(15)9-11(3)8-12/h10-13H,5-9H2,1-4H3. The molecule has 0 saturated heterocycles. The molecule has 2 fully saturated rings. The Morgan fingerprint density at radius 3 is 2.24 bits per heavy atom. The molecule has 2 saturated carbocycles. The first-order valence-corrected chi connectivity index (χ1v) is 7.16. The van der Waals surface area contributed by atoms with Crippen LogP contribution in [0.15, 0.2) is 0 Å². The average molecular weight is 238 g/mol. The molecule has 2 unspecified atom stereocenters. The van der Waals surface area contributed by atoms with Crippen LogP contribution < -0.4 is 0 Å². The molecule has 0 aromatic rings. The number of carbonyl (C=O) groups is 1. The van der Waals surface area contributed by atoms with Crippen LogP contribution in [-0.4, -0.2) is 11.6 Å². The summed E-state index contributed by atoms with van der Waals surface area (Å²) >= 11 is 0. The smallest absolute Gasteiger partial charge is 0.308 e. The van der Waals surface area contributed by atoms with Crippen molar-refractivity contribution in [2.45, 2.75) is 65.4 Å². The zero-order chi connectivity index (χ0) is 12.6. The molecule has 0 aromatic heterocycles. The van der Waals surface area contributed by atoms with Gasteiger partial charge in [-0.25, -0.2) is 0 Å². The topological polar surface area (TPSA) is 26.3 Å². The molecule has 2 bridgehead atoms. The van der Waals surface area contributed by atoms with Crippen molar-refractivity contribution in [2.24, 2.45) is 23.7 Å². The van der Waals surface area contributed by atoms with E-state index in [9.17, 15) is 4.79 Å². The first-order chi connectivity index (χ1) is 7.93. The lowest BCUT2D eigenvalue weighted by molar-refractivity contribution is -0.190. The van der Waals surface area contributed by atoms with E-state index in [4.69, 9.17) is 4.74 Å². The summed E-state index contributed by atoms with van der Waals surface area (Å²) in [5.74, 6) is 1.96. The largest absolute Gasteiger partial charge is 0.459 e. The summed E-state index contributed by atoms with van der Waals surface area (Å²) in [5, 5.41) is 0. The van der Waals surface area contributed by atoms with Gasteiger partial charge in [-0.2, -0.15) is 0 Å². The summed E-state index contributed by atoms with van der Waals surface area (Å²) in [6, 6.07) is 0. The van der Waals surface area contributed by atoms with Crippen molar-refractivity contribution in [1.82, 2.24) is 0 Å². The molecule has 2 rings (SSSR count). The normalized spacial score (nSPS) is 41.4. The molecule has 17 heavy (non-hydrogen) atoms. The van der Waals surface area contributed by atoms with Crippen molar-refractivity contribution >= 4 is 5.97 Å². The number of esters is 1. The fourth-order valence-corrected chi connectivity index (χ4v) is 3.79. The van der Waals surface area contributed by atoms with E-state index in [1.165, 1.54) is 32.1 Å². The molecule has 0 heterocycles. The van der Waals surface area contributed by atoms with E-state index >= 15 is 0 Å². The van der Waals surface area contributed by atoms with Gasteiger partial charge in [-0.05, 0) is 50.4 Å². The van der Waals surface area contributed by atoms with Crippen LogP contribution in [0.25, 0.3) is 0 Å². The summed E-state index contributed by atoms with van der Waals surface area (Å²) in [6.45, 7) is 8.38. The molecule has 2 aliphatic rings. The molecule has 0 aromatic carbocycles. The van der Waals surface area contributed by atoms with Crippen molar-refractivity contribution in [2.75, 3.05) is 0 Å². The van der Waals surface area contributed by atoms with E-state index in [1.807, 2.05) is 13.8 Å². The lowest BCUT2D eigenvalue weighted by Gasteiger charge is -2.52. The predicted molar refractivity (Wildman–Crippen MR) is 68.6 cm³/mol. The highest BCUT2D eigenvalue weighted by molar-refractivity contribution is 5.72. The highest BCUT2D eigenvalue weighted by atomic mass is 16.6. The van der Waals surface area contributed by atoms with Crippen LogP contribution >= 0.6 is 0 Å². The van der Waals surface area contributed by atoms with Crippen molar-refractivity contribution in [3.8, 4) is 0 Å². The van der Waals surface area contributed by atoms with Crippen LogP contribution in [0.2, 0.25) is 0 Å². The van der Waals surface area contributed by atoms with Gasteiger partial charge in [0.05, 0.1) is 5.92 Å². The summed E-state index contributed by atoms with van der Waals surface area (Å²) in [5.41, 5.74) is -0.174. The van der Waals surface area contributed by atoms with Gasteiger partial charge in [0.25, 0.3) is 0 Å². The molecule has 98 valence electrons. The molecule has 0 spiro atoms. The summed E-state index contributed by atoms with van der Waals surface area (Å²) in [7, 11) is 0. The van der Waals surface area contributed by atoms with E-state index in [2.05, 4.69) is 13.8 Å². The van der Waals surface area contributed by atoms with Crippen LogP contribution in [0.4, 0.5) is 0 Å². The lowest BCUT2D eigenvalue weighted by atomic mass is 9.59. The molecular formula is C15H26O2. The van der Waals surface area contributed by atoms with E-state index in [0.717, 1.165) is 5.92 Å². The molecule has 0 aliphatic heterocycles. The second kappa shape index (κ2) is 4.62. The number of fused-ring (bicyclic) bond motifs is 2. The zero-order valence-electron chi connectivity index (χ0n) is 11.7.